The molecule has 0 aromatic heterocycles. The molecular formula is C24H45O5P. The van der Waals surface area contributed by atoms with Gasteiger partial charge in [-0.05, 0) is 32.1 Å². The van der Waals surface area contributed by atoms with Gasteiger partial charge in [-0.3, -0.25) is 9.36 Å². The highest BCUT2D eigenvalue weighted by Gasteiger charge is 2.36. The summed E-state index contributed by atoms with van der Waals surface area (Å²) in [5, 5.41) is 0. The summed E-state index contributed by atoms with van der Waals surface area (Å²) in [5.41, 5.74) is 0. The van der Waals surface area contributed by atoms with Crippen LogP contribution in [0.4, 0.5) is 0 Å². The quantitative estimate of drug-likeness (QED) is 0.0896. The lowest BCUT2D eigenvalue weighted by atomic mass is 10.1. The van der Waals surface area contributed by atoms with Gasteiger partial charge in [-0.2, -0.15) is 0 Å². The van der Waals surface area contributed by atoms with E-state index < -0.39 is 7.60 Å². The Kier molecular flexibility index (Phi) is 16.4. The Morgan fingerprint density at radius 1 is 0.933 bits per heavy atom. The van der Waals surface area contributed by atoms with Crippen LogP contribution in [0, 0.1) is 5.92 Å². The summed E-state index contributed by atoms with van der Waals surface area (Å²) in [6.07, 6.45) is 23.1. The van der Waals surface area contributed by atoms with Crippen LogP contribution in [-0.2, 0) is 23.1 Å². The maximum absolute atomic E-state index is 11.9. The Hall–Kier alpha value is -0.640. The van der Waals surface area contributed by atoms with E-state index in [-0.39, 0.29) is 18.5 Å². The van der Waals surface area contributed by atoms with Gasteiger partial charge in [-0.15, -0.1) is 0 Å². The van der Waals surface area contributed by atoms with Crippen molar-refractivity contribution in [3.05, 3.63) is 12.2 Å². The van der Waals surface area contributed by atoms with Crippen LogP contribution in [0.1, 0.15) is 103 Å². The van der Waals surface area contributed by atoms with Crippen molar-refractivity contribution >= 4 is 13.6 Å². The molecule has 6 heteroatoms. The third kappa shape index (κ3) is 14.4. The molecular weight excluding hydrogens is 399 g/mol. The van der Waals surface area contributed by atoms with Crippen molar-refractivity contribution in [1.82, 2.24) is 0 Å². The number of carbonyl (C=O) groups is 1. The van der Waals surface area contributed by atoms with E-state index in [9.17, 15) is 9.36 Å². The fraction of sp³-hybridized carbons (Fsp3) is 0.875. The molecule has 0 saturated carbocycles. The molecule has 0 amide bonds. The van der Waals surface area contributed by atoms with Crippen molar-refractivity contribution in [1.29, 1.82) is 0 Å². The average molecular weight is 445 g/mol. The molecule has 0 aromatic carbocycles. The fourth-order valence-corrected chi connectivity index (χ4v) is 5.31. The van der Waals surface area contributed by atoms with Crippen molar-refractivity contribution in [3.63, 3.8) is 0 Å². The normalized spacial score (nSPS) is 21.5. The van der Waals surface area contributed by atoms with Gasteiger partial charge >= 0.3 is 13.6 Å². The highest BCUT2D eigenvalue weighted by molar-refractivity contribution is 7.54. The van der Waals surface area contributed by atoms with Crippen LogP contribution in [0.3, 0.4) is 0 Å². The molecule has 1 aliphatic heterocycles. The molecule has 0 radical (unpaired) electrons. The van der Waals surface area contributed by atoms with Gasteiger partial charge in [0.2, 0.25) is 0 Å². The molecule has 0 spiro atoms. The van der Waals surface area contributed by atoms with Crippen LogP contribution < -0.4 is 0 Å². The Labute approximate surface area is 184 Å². The lowest BCUT2D eigenvalue weighted by Crippen LogP contribution is -2.16. The zero-order valence-corrected chi connectivity index (χ0v) is 20.3. The molecule has 1 fully saturated rings. The van der Waals surface area contributed by atoms with Gasteiger partial charge in [0, 0.05) is 19.4 Å². The SMILES string of the molecule is CCCCCCCCC/C=C\CCCCCCCC(=O)OC[C@@H]1COP(=O)(OC)C1. The van der Waals surface area contributed by atoms with E-state index in [4.69, 9.17) is 13.8 Å². The first-order chi connectivity index (χ1) is 14.6. The van der Waals surface area contributed by atoms with Crippen molar-refractivity contribution < 1.29 is 23.1 Å². The van der Waals surface area contributed by atoms with Crippen molar-refractivity contribution in [2.45, 2.75) is 103 Å². The first-order valence-electron chi connectivity index (χ1n) is 12.2. The number of unbranched alkanes of at least 4 members (excludes halogenated alkanes) is 12. The molecule has 1 heterocycles. The third-order valence-electron chi connectivity index (χ3n) is 5.64. The second kappa shape index (κ2) is 18.0. The molecule has 1 aliphatic rings. The van der Waals surface area contributed by atoms with Gasteiger partial charge in [0.05, 0.1) is 19.4 Å². The van der Waals surface area contributed by atoms with Gasteiger partial charge in [-0.1, -0.05) is 76.9 Å². The fourth-order valence-electron chi connectivity index (χ4n) is 3.67. The zero-order valence-electron chi connectivity index (χ0n) is 19.4. The minimum Gasteiger partial charge on any atom is -0.465 e. The molecule has 0 aromatic rings. The minimum absolute atomic E-state index is 0.0152. The van der Waals surface area contributed by atoms with Gasteiger partial charge < -0.3 is 13.8 Å². The van der Waals surface area contributed by atoms with E-state index in [1.54, 1.807) is 0 Å². The largest absolute Gasteiger partial charge is 0.465 e. The number of carbonyl (C=O) groups excluding carboxylic acids is 1. The maximum atomic E-state index is 11.9. The van der Waals surface area contributed by atoms with E-state index in [1.165, 1.54) is 84.2 Å². The molecule has 0 N–H and O–H groups in total. The van der Waals surface area contributed by atoms with Crippen LogP contribution in [0.25, 0.3) is 0 Å². The number of ether oxygens (including phenoxy) is 1. The highest BCUT2D eigenvalue weighted by atomic mass is 31.2. The molecule has 1 unspecified atom stereocenters. The van der Waals surface area contributed by atoms with Crippen LogP contribution in [0.2, 0.25) is 0 Å². The van der Waals surface area contributed by atoms with Gasteiger partial charge in [-0.25, -0.2) is 0 Å². The van der Waals surface area contributed by atoms with Crippen LogP contribution >= 0.6 is 7.60 Å². The molecule has 0 bridgehead atoms. The Balaban J connectivity index is 1.83. The first kappa shape index (κ1) is 27.4. The number of rotatable bonds is 19. The molecule has 176 valence electrons. The molecule has 0 aliphatic carbocycles. The van der Waals surface area contributed by atoms with E-state index in [0.29, 0.717) is 19.2 Å². The second-order valence-electron chi connectivity index (χ2n) is 8.51. The average Bonchev–Trinajstić information content (AvgIpc) is 3.13. The van der Waals surface area contributed by atoms with Gasteiger partial charge in [0.1, 0.15) is 0 Å². The Bertz CT molecular complexity index is 506. The predicted octanol–water partition coefficient (Wildman–Crippen LogP) is 7.44. The molecule has 30 heavy (non-hydrogen) atoms. The molecule has 1 rings (SSSR count). The summed E-state index contributed by atoms with van der Waals surface area (Å²) >= 11 is 0. The van der Waals surface area contributed by atoms with E-state index in [0.717, 1.165) is 12.8 Å². The number of esters is 1. The number of allylic oxidation sites excluding steroid dienone is 2. The minimum atomic E-state index is -2.92. The van der Waals surface area contributed by atoms with Crippen molar-refractivity contribution in [3.8, 4) is 0 Å². The Morgan fingerprint density at radius 2 is 1.50 bits per heavy atom. The lowest BCUT2D eigenvalue weighted by Gasteiger charge is -2.09. The molecule has 5 nitrogen and oxygen atoms in total. The van der Waals surface area contributed by atoms with Crippen molar-refractivity contribution in [2.24, 2.45) is 5.92 Å². The van der Waals surface area contributed by atoms with Crippen LogP contribution in [-0.4, -0.2) is 32.5 Å². The van der Waals surface area contributed by atoms with Crippen molar-refractivity contribution in [2.75, 3.05) is 26.5 Å². The smallest absolute Gasteiger partial charge is 0.330 e. The first-order valence-corrected chi connectivity index (χ1v) is 13.9. The summed E-state index contributed by atoms with van der Waals surface area (Å²) in [7, 11) is -1.53. The second-order valence-corrected chi connectivity index (χ2v) is 10.7. The maximum Gasteiger partial charge on any atom is 0.330 e. The van der Waals surface area contributed by atoms with Crippen LogP contribution in [0.5, 0.6) is 0 Å². The summed E-state index contributed by atoms with van der Waals surface area (Å²) in [6.45, 7) is 2.88. The van der Waals surface area contributed by atoms with E-state index in [1.807, 2.05) is 0 Å². The van der Waals surface area contributed by atoms with E-state index in [2.05, 4.69) is 19.1 Å². The summed E-state index contributed by atoms with van der Waals surface area (Å²) < 4.78 is 27.2. The zero-order chi connectivity index (χ0) is 21.9. The lowest BCUT2D eigenvalue weighted by molar-refractivity contribution is -0.145. The van der Waals surface area contributed by atoms with E-state index >= 15 is 0 Å². The van der Waals surface area contributed by atoms with Crippen LogP contribution in [0.15, 0.2) is 12.2 Å². The monoisotopic (exact) mass is 444 g/mol. The molecule has 1 saturated heterocycles. The van der Waals surface area contributed by atoms with Gasteiger partial charge in [0.15, 0.2) is 0 Å². The topological polar surface area (TPSA) is 61.8 Å². The predicted molar refractivity (Wildman–Crippen MR) is 124 cm³/mol. The summed E-state index contributed by atoms with van der Waals surface area (Å²) in [6, 6.07) is 0. The highest BCUT2D eigenvalue weighted by Crippen LogP contribution is 2.53. The summed E-state index contributed by atoms with van der Waals surface area (Å²) in [5.74, 6) is -0.180. The third-order valence-corrected chi connectivity index (χ3v) is 7.70. The standard InChI is InChI=1S/C24H45O5P/c1-3-4-5-6-7-8-9-10-11-12-13-14-15-16-17-18-19-24(25)28-20-23-21-29-30(26,22-23)27-2/h11-12,23H,3-10,13-22H2,1-2H3/b12-11-/t23-,30?/m1/s1. The molecule has 2 atom stereocenters. The van der Waals surface area contributed by atoms with Gasteiger partial charge in [0.25, 0.3) is 0 Å². The summed E-state index contributed by atoms with van der Waals surface area (Å²) in [4.78, 5) is 11.8. The number of hydrogen-bond acceptors (Lipinski definition) is 5. The Morgan fingerprint density at radius 3 is 2.07 bits per heavy atom. The number of hydrogen-bond donors (Lipinski definition) is 0.